The number of methoxy groups -OCH3 is 1. The molecule has 1 amide bonds. The number of nitrogens with one attached hydrogen (secondary N) is 1. The van der Waals surface area contributed by atoms with Crippen LogP contribution in [0.3, 0.4) is 0 Å². The fourth-order valence-electron chi connectivity index (χ4n) is 1.56. The van der Waals surface area contributed by atoms with Gasteiger partial charge in [0, 0.05) is 0 Å². The number of hydrogen-bond acceptors (Lipinski definition) is 3. The van der Waals surface area contributed by atoms with E-state index < -0.39 is 17.9 Å². The normalized spacial score (nSPS) is 12.0. The molecule has 0 aliphatic carbocycles. The van der Waals surface area contributed by atoms with Crippen LogP contribution in [0.2, 0.25) is 0 Å². The molecule has 0 aliphatic rings. The molecule has 5 nitrogen and oxygen atoms in total. The Balaban J connectivity index is 2.90. The van der Waals surface area contributed by atoms with Gasteiger partial charge in [0.1, 0.15) is 11.8 Å². The van der Waals surface area contributed by atoms with Gasteiger partial charge in [-0.3, -0.25) is 4.79 Å². The second-order valence-corrected chi connectivity index (χ2v) is 4.23. The monoisotopic (exact) mass is 251 g/mol. The van der Waals surface area contributed by atoms with E-state index in [1.54, 1.807) is 38.1 Å². The summed E-state index contributed by atoms with van der Waals surface area (Å²) in [6, 6.07) is 5.77. The van der Waals surface area contributed by atoms with E-state index in [0.717, 1.165) is 0 Å². The summed E-state index contributed by atoms with van der Waals surface area (Å²) in [4.78, 5) is 23.0. The molecule has 1 aromatic carbocycles. The van der Waals surface area contributed by atoms with Gasteiger partial charge in [-0.05, 0) is 18.1 Å². The molecule has 0 aromatic heterocycles. The van der Waals surface area contributed by atoms with Gasteiger partial charge >= 0.3 is 5.97 Å². The summed E-state index contributed by atoms with van der Waals surface area (Å²) in [5, 5.41) is 11.5. The first-order valence-electron chi connectivity index (χ1n) is 5.64. The predicted octanol–water partition coefficient (Wildman–Crippen LogP) is 1.53. The highest BCUT2D eigenvalue weighted by Gasteiger charge is 2.24. The SMILES string of the molecule is COc1ccccc1C(=O)N[C@@H](C(=O)O)C(C)C. The molecule has 2 N–H and O–H groups in total. The summed E-state index contributed by atoms with van der Waals surface area (Å²) >= 11 is 0. The first kappa shape index (κ1) is 14.0. The number of carboxylic acids is 1. The van der Waals surface area contributed by atoms with Crippen LogP contribution in [0.15, 0.2) is 24.3 Å². The number of para-hydroxylation sites is 1. The highest BCUT2D eigenvalue weighted by Crippen LogP contribution is 2.17. The molecule has 0 radical (unpaired) electrons. The molecule has 1 rings (SSSR count). The minimum atomic E-state index is -1.05. The van der Waals surface area contributed by atoms with Crippen molar-refractivity contribution in [2.45, 2.75) is 19.9 Å². The number of benzene rings is 1. The second kappa shape index (κ2) is 6.05. The summed E-state index contributed by atoms with van der Waals surface area (Å²) in [7, 11) is 1.46. The molecule has 5 heteroatoms. The van der Waals surface area contributed by atoms with Gasteiger partial charge in [0.05, 0.1) is 12.7 Å². The van der Waals surface area contributed by atoms with Crippen molar-refractivity contribution in [1.82, 2.24) is 5.32 Å². The Hall–Kier alpha value is -2.04. The van der Waals surface area contributed by atoms with Gasteiger partial charge in [0.15, 0.2) is 0 Å². The molecular formula is C13H17NO4. The molecular weight excluding hydrogens is 234 g/mol. The number of amides is 1. The second-order valence-electron chi connectivity index (χ2n) is 4.23. The van der Waals surface area contributed by atoms with E-state index >= 15 is 0 Å². The van der Waals surface area contributed by atoms with Crippen molar-refractivity contribution in [3.05, 3.63) is 29.8 Å². The van der Waals surface area contributed by atoms with Crippen LogP contribution >= 0.6 is 0 Å². The third-order valence-corrected chi connectivity index (χ3v) is 2.57. The molecule has 0 saturated carbocycles. The van der Waals surface area contributed by atoms with E-state index in [0.29, 0.717) is 11.3 Å². The Morgan fingerprint density at radius 1 is 1.28 bits per heavy atom. The van der Waals surface area contributed by atoms with Gasteiger partial charge in [0.2, 0.25) is 0 Å². The van der Waals surface area contributed by atoms with Crippen LogP contribution in [0.1, 0.15) is 24.2 Å². The third kappa shape index (κ3) is 3.23. The van der Waals surface area contributed by atoms with Crippen LogP contribution in [-0.2, 0) is 4.79 Å². The number of carbonyl (C=O) groups excluding carboxylic acids is 1. The lowest BCUT2D eigenvalue weighted by Gasteiger charge is -2.18. The summed E-state index contributed by atoms with van der Waals surface area (Å²) in [6.45, 7) is 3.47. The predicted molar refractivity (Wildman–Crippen MR) is 66.7 cm³/mol. The van der Waals surface area contributed by atoms with Crippen LogP contribution < -0.4 is 10.1 Å². The highest BCUT2D eigenvalue weighted by molar-refractivity contribution is 5.98. The van der Waals surface area contributed by atoms with Gasteiger partial charge in [-0.15, -0.1) is 0 Å². The first-order chi connectivity index (χ1) is 8.47. The van der Waals surface area contributed by atoms with Gasteiger partial charge in [-0.25, -0.2) is 4.79 Å². The number of aliphatic carboxylic acids is 1. The molecule has 98 valence electrons. The van der Waals surface area contributed by atoms with E-state index in [1.165, 1.54) is 7.11 Å². The van der Waals surface area contributed by atoms with Crippen LogP contribution in [0, 0.1) is 5.92 Å². The third-order valence-electron chi connectivity index (χ3n) is 2.57. The number of carbonyl (C=O) groups is 2. The summed E-state index contributed by atoms with van der Waals surface area (Å²) < 4.78 is 5.06. The van der Waals surface area contributed by atoms with Crippen molar-refractivity contribution >= 4 is 11.9 Å². The standard InChI is InChI=1S/C13H17NO4/c1-8(2)11(13(16)17)14-12(15)9-6-4-5-7-10(9)18-3/h4-8,11H,1-3H3,(H,14,15)(H,16,17)/t11-/m1/s1. The minimum absolute atomic E-state index is 0.193. The van der Waals surface area contributed by atoms with Crippen LogP contribution in [0.5, 0.6) is 5.75 Å². The topological polar surface area (TPSA) is 75.6 Å². The number of ether oxygens (including phenoxy) is 1. The summed E-state index contributed by atoms with van der Waals surface area (Å²) in [5.41, 5.74) is 0.326. The molecule has 0 unspecified atom stereocenters. The van der Waals surface area contributed by atoms with Crippen LogP contribution in [0.25, 0.3) is 0 Å². The van der Waals surface area contributed by atoms with Gasteiger partial charge < -0.3 is 15.2 Å². The molecule has 0 heterocycles. The lowest BCUT2D eigenvalue weighted by atomic mass is 10.0. The minimum Gasteiger partial charge on any atom is -0.496 e. The lowest BCUT2D eigenvalue weighted by molar-refractivity contribution is -0.140. The molecule has 0 fully saturated rings. The van der Waals surface area contributed by atoms with Crippen LogP contribution in [0.4, 0.5) is 0 Å². The van der Waals surface area contributed by atoms with Gasteiger partial charge in [0.25, 0.3) is 5.91 Å². The fraction of sp³-hybridized carbons (Fsp3) is 0.385. The average Bonchev–Trinajstić information content (AvgIpc) is 2.34. The van der Waals surface area contributed by atoms with Gasteiger partial charge in [-0.2, -0.15) is 0 Å². The smallest absolute Gasteiger partial charge is 0.326 e. The number of hydrogen-bond donors (Lipinski definition) is 2. The quantitative estimate of drug-likeness (QED) is 0.832. The van der Waals surface area contributed by atoms with E-state index in [4.69, 9.17) is 9.84 Å². The van der Waals surface area contributed by atoms with Gasteiger partial charge in [-0.1, -0.05) is 26.0 Å². The molecule has 0 spiro atoms. The maximum absolute atomic E-state index is 12.0. The Bertz CT molecular complexity index is 442. The Morgan fingerprint density at radius 3 is 2.39 bits per heavy atom. The number of carboxylic acid groups (broad SMARTS) is 1. The van der Waals surface area contributed by atoms with Crippen LogP contribution in [-0.4, -0.2) is 30.1 Å². The first-order valence-corrected chi connectivity index (χ1v) is 5.64. The van der Waals surface area contributed by atoms with E-state index in [2.05, 4.69) is 5.32 Å². The molecule has 0 bridgehead atoms. The Kier molecular flexibility index (Phi) is 4.71. The largest absolute Gasteiger partial charge is 0.496 e. The van der Waals surface area contributed by atoms with Crippen molar-refractivity contribution in [1.29, 1.82) is 0 Å². The zero-order chi connectivity index (χ0) is 13.7. The molecule has 0 saturated heterocycles. The average molecular weight is 251 g/mol. The molecule has 1 atom stereocenters. The maximum Gasteiger partial charge on any atom is 0.326 e. The molecule has 1 aromatic rings. The summed E-state index contributed by atoms with van der Waals surface area (Å²) in [6.07, 6.45) is 0. The molecule has 18 heavy (non-hydrogen) atoms. The van der Waals surface area contributed by atoms with Crippen molar-refractivity contribution in [3.63, 3.8) is 0 Å². The number of rotatable bonds is 5. The Morgan fingerprint density at radius 2 is 1.89 bits per heavy atom. The Labute approximate surface area is 106 Å². The van der Waals surface area contributed by atoms with Crippen molar-refractivity contribution in [2.75, 3.05) is 7.11 Å². The highest BCUT2D eigenvalue weighted by atomic mass is 16.5. The fourth-order valence-corrected chi connectivity index (χ4v) is 1.56. The van der Waals surface area contributed by atoms with E-state index in [9.17, 15) is 9.59 Å². The summed E-state index contributed by atoms with van der Waals surface area (Å²) in [5.74, 6) is -1.27. The van der Waals surface area contributed by atoms with E-state index in [1.807, 2.05) is 0 Å². The maximum atomic E-state index is 12.0. The van der Waals surface area contributed by atoms with Crippen molar-refractivity contribution < 1.29 is 19.4 Å². The zero-order valence-corrected chi connectivity index (χ0v) is 10.6. The van der Waals surface area contributed by atoms with Crippen molar-refractivity contribution in [2.24, 2.45) is 5.92 Å². The van der Waals surface area contributed by atoms with E-state index in [-0.39, 0.29) is 5.92 Å². The van der Waals surface area contributed by atoms with Crippen molar-refractivity contribution in [3.8, 4) is 5.75 Å². The lowest BCUT2D eigenvalue weighted by Crippen LogP contribution is -2.44. The zero-order valence-electron chi connectivity index (χ0n) is 10.6. The molecule has 0 aliphatic heterocycles.